The smallest absolute Gasteiger partial charge is 0.254 e. The van der Waals surface area contributed by atoms with Crippen molar-refractivity contribution in [3.63, 3.8) is 0 Å². The number of anilines is 2. The van der Waals surface area contributed by atoms with Gasteiger partial charge in [-0.3, -0.25) is 9.89 Å². The second-order valence-electron chi connectivity index (χ2n) is 3.19. The molecule has 1 aliphatic rings. The number of aromatic nitrogens is 2. The van der Waals surface area contributed by atoms with Gasteiger partial charge in [0, 0.05) is 6.61 Å². The van der Waals surface area contributed by atoms with Crippen molar-refractivity contribution in [1.29, 1.82) is 0 Å². The van der Waals surface area contributed by atoms with E-state index in [0.29, 0.717) is 18.1 Å². The summed E-state index contributed by atoms with van der Waals surface area (Å²) in [5.41, 5.74) is 5.97. The molecule has 14 heavy (non-hydrogen) atoms. The third-order valence-electron chi connectivity index (χ3n) is 2.14. The number of hydrogen-bond donors (Lipinski definition) is 3. The minimum Gasteiger partial charge on any atom is -0.394 e. The number of nitrogen functional groups attached to an aromatic ring is 1. The van der Waals surface area contributed by atoms with E-state index in [-0.39, 0.29) is 12.0 Å². The summed E-state index contributed by atoms with van der Waals surface area (Å²) in [6, 6.07) is 0. The van der Waals surface area contributed by atoms with Crippen molar-refractivity contribution in [3.8, 4) is 0 Å². The van der Waals surface area contributed by atoms with Crippen LogP contribution in [0.25, 0.3) is 0 Å². The van der Waals surface area contributed by atoms with Crippen LogP contribution in [0.4, 0.5) is 11.5 Å². The summed E-state index contributed by atoms with van der Waals surface area (Å²) in [4.78, 5) is 11.5. The lowest BCUT2D eigenvalue weighted by Gasteiger charge is -2.08. The van der Waals surface area contributed by atoms with Crippen molar-refractivity contribution in [3.05, 3.63) is 6.20 Å². The Balaban J connectivity index is 1.97. The van der Waals surface area contributed by atoms with Gasteiger partial charge in [0.15, 0.2) is 5.82 Å². The number of nitrogens with one attached hydrogen (secondary N) is 2. The molecule has 6 heteroatoms. The molecule has 0 aromatic carbocycles. The summed E-state index contributed by atoms with van der Waals surface area (Å²) in [5.74, 6) is 0.268. The summed E-state index contributed by atoms with van der Waals surface area (Å²) in [6.07, 6.45) is 2.79. The first kappa shape index (κ1) is 9.01. The van der Waals surface area contributed by atoms with E-state index in [1.54, 1.807) is 0 Å². The van der Waals surface area contributed by atoms with Crippen LogP contribution in [0.3, 0.4) is 0 Å². The first-order valence-corrected chi connectivity index (χ1v) is 4.48. The van der Waals surface area contributed by atoms with Crippen LogP contribution in [-0.4, -0.2) is 28.8 Å². The molecule has 4 N–H and O–H groups in total. The Kier molecular flexibility index (Phi) is 2.36. The molecule has 1 saturated heterocycles. The van der Waals surface area contributed by atoms with Crippen LogP contribution in [0, 0.1) is 0 Å². The molecule has 0 radical (unpaired) electrons. The van der Waals surface area contributed by atoms with Gasteiger partial charge in [0.2, 0.25) is 0 Å². The Hall–Kier alpha value is -1.56. The zero-order chi connectivity index (χ0) is 9.97. The molecule has 0 spiro atoms. The van der Waals surface area contributed by atoms with Gasteiger partial charge in [-0.2, -0.15) is 5.10 Å². The molecule has 1 unspecified atom stereocenters. The fourth-order valence-electron chi connectivity index (χ4n) is 1.38. The maximum absolute atomic E-state index is 11.5. The molecule has 1 aromatic rings. The lowest BCUT2D eigenvalue weighted by atomic mass is 10.2. The number of H-pyrrole nitrogens is 1. The van der Waals surface area contributed by atoms with Crippen LogP contribution in [-0.2, 0) is 9.53 Å². The zero-order valence-corrected chi connectivity index (χ0v) is 7.62. The van der Waals surface area contributed by atoms with Crippen molar-refractivity contribution < 1.29 is 9.53 Å². The van der Waals surface area contributed by atoms with E-state index >= 15 is 0 Å². The molecular weight excluding hydrogens is 184 g/mol. The van der Waals surface area contributed by atoms with Crippen LogP contribution < -0.4 is 11.1 Å². The van der Waals surface area contributed by atoms with Gasteiger partial charge >= 0.3 is 0 Å². The number of aromatic amines is 1. The van der Waals surface area contributed by atoms with Crippen LogP contribution in [0.15, 0.2) is 6.20 Å². The van der Waals surface area contributed by atoms with Gasteiger partial charge in [-0.25, -0.2) is 0 Å². The Morgan fingerprint density at radius 3 is 3.21 bits per heavy atom. The average molecular weight is 196 g/mol. The molecule has 76 valence electrons. The second kappa shape index (κ2) is 3.67. The molecule has 0 bridgehead atoms. The molecule has 1 atom stereocenters. The summed E-state index contributed by atoms with van der Waals surface area (Å²) < 4.78 is 5.22. The predicted octanol–water partition coefficient (Wildman–Crippen LogP) is 0.109. The monoisotopic (exact) mass is 196 g/mol. The Morgan fingerprint density at radius 1 is 1.79 bits per heavy atom. The van der Waals surface area contributed by atoms with Crippen LogP contribution in [0.5, 0.6) is 0 Å². The number of carbonyl (C=O) groups excluding carboxylic acids is 1. The topological polar surface area (TPSA) is 93.0 Å². The van der Waals surface area contributed by atoms with Crippen molar-refractivity contribution in [2.45, 2.75) is 18.9 Å². The second-order valence-corrected chi connectivity index (χ2v) is 3.19. The van der Waals surface area contributed by atoms with Gasteiger partial charge in [0.05, 0.1) is 11.9 Å². The van der Waals surface area contributed by atoms with Crippen molar-refractivity contribution in [1.82, 2.24) is 10.2 Å². The Labute approximate surface area is 80.8 Å². The Morgan fingerprint density at radius 2 is 2.64 bits per heavy atom. The van der Waals surface area contributed by atoms with Crippen molar-refractivity contribution >= 4 is 17.4 Å². The summed E-state index contributed by atoms with van der Waals surface area (Å²) in [7, 11) is 0. The predicted molar refractivity (Wildman–Crippen MR) is 50.6 cm³/mol. The molecule has 1 fully saturated rings. The quantitative estimate of drug-likeness (QED) is 0.625. The number of nitrogens with zero attached hydrogens (tertiary/aromatic N) is 1. The third-order valence-corrected chi connectivity index (χ3v) is 2.14. The lowest BCUT2D eigenvalue weighted by Crippen LogP contribution is -2.27. The van der Waals surface area contributed by atoms with Crippen molar-refractivity contribution in [2.24, 2.45) is 0 Å². The highest BCUT2D eigenvalue weighted by atomic mass is 16.5. The van der Waals surface area contributed by atoms with E-state index in [9.17, 15) is 4.79 Å². The minimum absolute atomic E-state index is 0.168. The third kappa shape index (κ3) is 1.69. The molecule has 6 nitrogen and oxygen atoms in total. The number of amides is 1. The van der Waals surface area contributed by atoms with Gasteiger partial charge < -0.3 is 15.8 Å². The van der Waals surface area contributed by atoms with Crippen molar-refractivity contribution in [2.75, 3.05) is 17.7 Å². The van der Waals surface area contributed by atoms with E-state index in [1.165, 1.54) is 6.20 Å². The fourth-order valence-corrected chi connectivity index (χ4v) is 1.38. The number of nitrogens with two attached hydrogens (primary N) is 1. The summed E-state index contributed by atoms with van der Waals surface area (Å²) in [6.45, 7) is 0.649. The van der Waals surface area contributed by atoms with Gasteiger partial charge in [-0.15, -0.1) is 0 Å². The average Bonchev–Trinajstić information content (AvgIpc) is 2.77. The molecule has 0 aliphatic carbocycles. The first-order chi connectivity index (χ1) is 6.77. The van der Waals surface area contributed by atoms with Gasteiger partial charge in [0.25, 0.3) is 5.91 Å². The maximum atomic E-state index is 11.5. The van der Waals surface area contributed by atoms with Crippen LogP contribution >= 0.6 is 0 Å². The SMILES string of the molecule is Nc1cn[nH]c1NC(=O)C1CCCO1. The molecule has 1 aromatic heterocycles. The van der Waals surface area contributed by atoms with Crippen LogP contribution in [0.1, 0.15) is 12.8 Å². The minimum atomic E-state index is -0.349. The maximum Gasteiger partial charge on any atom is 0.254 e. The highest BCUT2D eigenvalue weighted by molar-refractivity contribution is 5.95. The number of rotatable bonds is 2. The zero-order valence-electron chi connectivity index (χ0n) is 7.62. The first-order valence-electron chi connectivity index (χ1n) is 4.48. The molecule has 2 heterocycles. The molecule has 1 aliphatic heterocycles. The van der Waals surface area contributed by atoms with Gasteiger partial charge in [-0.1, -0.05) is 0 Å². The lowest BCUT2D eigenvalue weighted by molar-refractivity contribution is -0.124. The van der Waals surface area contributed by atoms with Crippen LogP contribution in [0.2, 0.25) is 0 Å². The highest BCUT2D eigenvalue weighted by Crippen LogP contribution is 2.17. The van der Waals surface area contributed by atoms with E-state index in [2.05, 4.69) is 15.5 Å². The van der Waals surface area contributed by atoms with Gasteiger partial charge in [-0.05, 0) is 12.8 Å². The van der Waals surface area contributed by atoms with Gasteiger partial charge in [0.1, 0.15) is 6.10 Å². The molecule has 0 saturated carbocycles. The molecule has 2 rings (SSSR count). The normalized spacial score (nSPS) is 21.0. The van der Waals surface area contributed by atoms with E-state index < -0.39 is 0 Å². The number of hydrogen-bond acceptors (Lipinski definition) is 4. The number of carbonyl (C=O) groups is 1. The fraction of sp³-hybridized carbons (Fsp3) is 0.500. The summed E-state index contributed by atoms with van der Waals surface area (Å²) in [5, 5.41) is 8.92. The van der Waals surface area contributed by atoms with E-state index in [4.69, 9.17) is 10.5 Å². The summed E-state index contributed by atoms with van der Waals surface area (Å²) >= 11 is 0. The Bertz CT molecular complexity index is 330. The van der Waals surface area contributed by atoms with E-state index in [0.717, 1.165) is 12.8 Å². The molecular formula is C8H12N4O2. The number of ether oxygens (including phenoxy) is 1. The molecule has 1 amide bonds. The largest absolute Gasteiger partial charge is 0.394 e. The standard InChI is InChI=1S/C8H12N4O2/c9-5-4-10-12-7(5)11-8(13)6-2-1-3-14-6/h4,6H,1-3,9H2,(H2,10,11,12,13). The highest BCUT2D eigenvalue weighted by Gasteiger charge is 2.24. The van der Waals surface area contributed by atoms with E-state index in [1.807, 2.05) is 0 Å².